The number of nitro groups is 1. The summed E-state index contributed by atoms with van der Waals surface area (Å²) in [5.41, 5.74) is 5.01. The van der Waals surface area contributed by atoms with E-state index < -0.39 is 11.6 Å². The van der Waals surface area contributed by atoms with E-state index in [1.807, 2.05) is 0 Å². The molecule has 1 rings (SSSR count). The van der Waals surface area contributed by atoms with Gasteiger partial charge in [0.1, 0.15) is 12.7 Å². The summed E-state index contributed by atoms with van der Waals surface area (Å²) in [4.78, 5) is 13.6. The Morgan fingerprint density at radius 2 is 2.32 bits per heavy atom. The summed E-state index contributed by atoms with van der Waals surface area (Å²) in [7, 11) is 1.33. The van der Waals surface area contributed by atoms with Crippen molar-refractivity contribution in [3.8, 4) is 0 Å². The van der Waals surface area contributed by atoms with Crippen LogP contribution in [0.5, 0.6) is 0 Å². The molecule has 0 saturated heterocycles. The lowest BCUT2D eigenvalue weighted by Gasteiger charge is -2.02. The van der Waals surface area contributed by atoms with Gasteiger partial charge in [0, 0.05) is 14.0 Å². The van der Waals surface area contributed by atoms with Crippen LogP contribution >= 0.6 is 18.1 Å². The van der Waals surface area contributed by atoms with Crippen LogP contribution in [0.3, 0.4) is 0 Å². The monoisotopic (exact) mass is 312 g/mol. The molecule has 1 atom stereocenters. The van der Waals surface area contributed by atoms with Gasteiger partial charge in [-0.05, 0) is 11.2 Å². The Kier molecular flexibility index (Phi) is 7.88. The maximum absolute atomic E-state index is 10.5. The predicted molar refractivity (Wildman–Crippen MR) is 73.0 cm³/mol. The zero-order valence-electron chi connectivity index (χ0n) is 10.8. The molecule has 0 aliphatic rings. The molecule has 19 heavy (non-hydrogen) atoms. The largest absolute Gasteiger partial charge is 0.392 e. The van der Waals surface area contributed by atoms with Crippen molar-refractivity contribution in [1.29, 1.82) is 0 Å². The Labute approximate surface area is 114 Å². The molecule has 0 fully saturated rings. The lowest BCUT2D eigenvalue weighted by Crippen LogP contribution is -2.07. The van der Waals surface area contributed by atoms with Gasteiger partial charge in [0.15, 0.2) is 5.82 Å². The third-order valence-electron chi connectivity index (χ3n) is 2.05. The minimum absolute atomic E-state index is 0.0819. The molecule has 0 aliphatic carbocycles. The highest BCUT2D eigenvalue weighted by atomic mass is 32.7. The van der Waals surface area contributed by atoms with E-state index in [-0.39, 0.29) is 19.0 Å². The number of aromatic nitrogens is 2. The average Bonchev–Trinajstić information content (AvgIpc) is 2.73. The van der Waals surface area contributed by atoms with Gasteiger partial charge >= 0.3 is 12.5 Å². The molecule has 0 spiro atoms. The Balaban J connectivity index is 0.000000399. The van der Waals surface area contributed by atoms with Crippen LogP contribution in [0.4, 0.5) is 5.82 Å². The molecule has 1 heterocycles. The van der Waals surface area contributed by atoms with Crippen LogP contribution < -0.4 is 5.50 Å². The highest BCUT2D eigenvalue weighted by Gasteiger charge is 2.15. The minimum atomic E-state index is -2.74. The summed E-state index contributed by atoms with van der Waals surface area (Å²) >= 11 is 1.04. The average molecular weight is 312 g/mol. The fourth-order valence-corrected chi connectivity index (χ4v) is 1.65. The molecule has 0 saturated carbocycles. The Bertz CT molecular complexity index is 458. The van der Waals surface area contributed by atoms with E-state index in [0.717, 1.165) is 11.4 Å². The molecule has 3 N–H and O–H groups in total. The molecule has 1 aromatic heterocycles. The molecule has 0 bridgehead atoms. The number of imidazole rings is 1. The van der Waals surface area contributed by atoms with Gasteiger partial charge < -0.3 is 19.7 Å². The molecular formula is C8H17N4O5PS. The predicted octanol–water partition coefficient (Wildman–Crippen LogP) is 1.15. The van der Waals surface area contributed by atoms with E-state index in [0.29, 0.717) is 5.82 Å². The highest BCUT2D eigenvalue weighted by molar-refractivity contribution is 8.55. The first-order valence-corrected chi connectivity index (χ1v) is 8.59. The fourth-order valence-electron chi connectivity index (χ4n) is 1.05. The number of nitrogens with zero attached hydrogens (tertiary/aromatic N) is 3. The number of nitrogens with two attached hydrogens (primary N) is 1. The van der Waals surface area contributed by atoms with Gasteiger partial charge in [-0.1, -0.05) is 11.4 Å². The van der Waals surface area contributed by atoms with Gasteiger partial charge in [0.2, 0.25) is 0 Å². The Morgan fingerprint density at radius 1 is 1.74 bits per heavy atom. The normalized spacial score (nSPS) is 13.3. The molecule has 0 amide bonds. The Hall–Kier alpha value is -0.930. The van der Waals surface area contributed by atoms with Gasteiger partial charge in [0.05, 0.1) is 6.61 Å². The lowest BCUT2D eigenvalue weighted by molar-refractivity contribution is -0.392. The number of hydrogen-bond acceptors (Lipinski definition) is 7. The molecule has 0 aliphatic heterocycles. The third-order valence-corrected chi connectivity index (χ3v) is 5.05. The Morgan fingerprint density at radius 3 is 2.63 bits per heavy atom. The number of hydrogen-bond donors (Lipinski definition) is 2. The molecule has 110 valence electrons. The number of aliphatic hydroxyl groups is 1. The first-order chi connectivity index (χ1) is 8.79. The van der Waals surface area contributed by atoms with Crippen molar-refractivity contribution in [2.45, 2.75) is 13.5 Å². The number of aryl methyl sites for hydroxylation is 1. The van der Waals surface area contributed by atoms with Crippen molar-refractivity contribution in [2.75, 3.05) is 20.0 Å². The molecule has 9 nitrogen and oxygen atoms in total. The van der Waals surface area contributed by atoms with E-state index in [2.05, 4.69) is 9.51 Å². The smallest absolute Gasteiger partial charge is 0.342 e. The van der Waals surface area contributed by atoms with Crippen LogP contribution in [0.25, 0.3) is 0 Å². The van der Waals surface area contributed by atoms with E-state index >= 15 is 0 Å². The standard InChI is InChI=1S/C6H9N3O3.C2H8NO2PS/c1-5-7-4-6(9(11)12)8(5)2-3-10;1-5-6(3,4)7-2/h4,10H,2-3H2,1H3;1-2H3,(H2,3,4). The molecule has 1 aromatic rings. The highest BCUT2D eigenvalue weighted by Crippen LogP contribution is 2.48. The van der Waals surface area contributed by atoms with Crippen molar-refractivity contribution >= 4 is 23.9 Å². The van der Waals surface area contributed by atoms with Crippen LogP contribution in [-0.4, -0.2) is 39.6 Å². The summed E-state index contributed by atoms with van der Waals surface area (Å²) in [6.07, 6.45) is 2.83. The number of aliphatic hydroxyl groups excluding tert-OH is 1. The topological polar surface area (TPSA) is 134 Å². The summed E-state index contributed by atoms with van der Waals surface area (Å²) in [5.74, 6) is 0.456. The zero-order valence-corrected chi connectivity index (χ0v) is 12.6. The van der Waals surface area contributed by atoms with E-state index in [1.165, 1.54) is 17.9 Å². The van der Waals surface area contributed by atoms with Crippen LogP contribution in [-0.2, 0) is 15.6 Å². The molecule has 0 aromatic carbocycles. The lowest BCUT2D eigenvalue weighted by atomic mass is 10.6. The number of rotatable bonds is 5. The van der Waals surface area contributed by atoms with Crippen LogP contribution in [0, 0.1) is 17.0 Å². The third kappa shape index (κ3) is 6.17. The summed E-state index contributed by atoms with van der Waals surface area (Å²) in [6.45, 7) is -0.999. The van der Waals surface area contributed by atoms with Crippen molar-refractivity contribution in [3.05, 3.63) is 22.1 Å². The maximum atomic E-state index is 10.5. The second-order valence-electron chi connectivity index (χ2n) is 3.20. The van der Waals surface area contributed by atoms with Gasteiger partial charge in [-0.25, -0.2) is 9.55 Å². The zero-order chi connectivity index (χ0) is 15.1. The first kappa shape index (κ1) is 18.1. The van der Waals surface area contributed by atoms with E-state index in [4.69, 9.17) is 10.6 Å². The molecule has 11 heteroatoms. The van der Waals surface area contributed by atoms with Crippen molar-refractivity contribution in [3.63, 3.8) is 0 Å². The van der Waals surface area contributed by atoms with Gasteiger partial charge in [-0.15, -0.1) is 0 Å². The van der Waals surface area contributed by atoms with Crippen LogP contribution in [0.2, 0.25) is 0 Å². The van der Waals surface area contributed by atoms with Crippen LogP contribution in [0.15, 0.2) is 6.20 Å². The van der Waals surface area contributed by atoms with Crippen molar-refractivity contribution in [2.24, 2.45) is 5.50 Å². The van der Waals surface area contributed by atoms with E-state index in [1.54, 1.807) is 13.2 Å². The van der Waals surface area contributed by atoms with Gasteiger partial charge in [0.25, 0.3) is 0 Å². The second kappa shape index (κ2) is 8.28. The summed E-state index contributed by atoms with van der Waals surface area (Å²) in [6, 6.07) is 0. The maximum Gasteiger partial charge on any atom is 0.342 e. The fraction of sp³-hybridized carbons (Fsp3) is 0.625. The molecular weight excluding hydrogens is 295 g/mol. The molecule has 1 unspecified atom stereocenters. The van der Waals surface area contributed by atoms with Gasteiger partial charge in [-0.2, -0.15) is 0 Å². The molecule has 0 radical (unpaired) electrons. The van der Waals surface area contributed by atoms with Crippen molar-refractivity contribution < 1.29 is 19.1 Å². The quantitative estimate of drug-likeness (QED) is 0.470. The van der Waals surface area contributed by atoms with Crippen molar-refractivity contribution in [1.82, 2.24) is 9.55 Å². The summed E-state index contributed by atoms with van der Waals surface area (Å²) in [5, 5.41) is 19.0. The minimum Gasteiger partial charge on any atom is -0.392 e. The second-order valence-corrected chi connectivity index (χ2v) is 7.63. The first-order valence-electron chi connectivity index (χ1n) is 5.06. The van der Waals surface area contributed by atoms with Gasteiger partial charge in [-0.3, -0.25) is 10.1 Å². The van der Waals surface area contributed by atoms with E-state index in [9.17, 15) is 14.7 Å². The summed E-state index contributed by atoms with van der Waals surface area (Å²) < 4.78 is 16.2. The SMILES string of the molecule is COP(N)(=O)SC.Cc1ncc([N+](=O)[O-])n1CCO. The van der Waals surface area contributed by atoms with Crippen LogP contribution in [0.1, 0.15) is 5.82 Å².